The predicted octanol–water partition coefficient (Wildman–Crippen LogP) is 4.29. The minimum atomic E-state index is 0.305. The van der Waals surface area contributed by atoms with Gasteiger partial charge in [-0.25, -0.2) is 0 Å². The van der Waals surface area contributed by atoms with Gasteiger partial charge in [-0.1, -0.05) is 66.6 Å². The van der Waals surface area contributed by atoms with E-state index in [-0.39, 0.29) is 0 Å². The van der Waals surface area contributed by atoms with Crippen molar-refractivity contribution in [2.24, 2.45) is 5.92 Å². The molecule has 0 aromatic heterocycles. The van der Waals surface area contributed by atoms with Crippen molar-refractivity contribution in [2.45, 2.75) is 43.8 Å². The van der Waals surface area contributed by atoms with E-state index in [4.69, 9.17) is 6.42 Å². The normalized spacial score (nSPS) is 31.3. The summed E-state index contributed by atoms with van der Waals surface area (Å²) in [5.74, 6) is 3.81. The molecule has 0 N–H and O–H groups in total. The summed E-state index contributed by atoms with van der Waals surface area (Å²) in [6.07, 6.45) is 10.9. The molecule has 4 rings (SSSR count). The highest BCUT2D eigenvalue weighted by molar-refractivity contribution is 5.35. The van der Waals surface area contributed by atoms with Gasteiger partial charge >= 0.3 is 0 Å². The van der Waals surface area contributed by atoms with Gasteiger partial charge in [0.25, 0.3) is 0 Å². The van der Waals surface area contributed by atoms with Crippen LogP contribution in [0.1, 0.15) is 30.4 Å². The SMILES string of the molecule is C#C[C@H]1N(Cc2ccccc2)[C@@]12CC[C@@H]2CCc1ccccc1. The number of nitrogens with zero attached hydrogens (tertiary/aromatic N) is 1. The van der Waals surface area contributed by atoms with Gasteiger partial charge < -0.3 is 0 Å². The third-order valence-electron chi connectivity index (χ3n) is 5.83. The fourth-order valence-corrected chi connectivity index (χ4v) is 4.42. The van der Waals surface area contributed by atoms with Crippen LogP contribution >= 0.6 is 0 Å². The maximum atomic E-state index is 5.84. The second kappa shape index (κ2) is 5.87. The molecule has 1 aliphatic carbocycles. The third kappa shape index (κ3) is 2.48. The average molecular weight is 301 g/mol. The molecule has 1 spiro atoms. The lowest BCUT2D eigenvalue weighted by atomic mass is 9.68. The molecule has 2 aromatic rings. The van der Waals surface area contributed by atoms with Crippen molar-refractivity contribution in [3.05, 3.63) is 71.8 Å². The van der Waals surface area contributed by atoms with Crippen LogP contribution in [0.15, 0.2) is 60.7 Å². The first kappa shape index (κ1) is 14.5. The van der Waals surface area contributed by atoms with Gasteiger partial charge in [-0.3, -0.25) is 4.90 Å². The molecule has 1 heterocycles. The predicted molar refractivity (Wildman–Crippen MR) is 94.8 cm³/mol. The molecule has 23 heavy (non-hydrogen) atoms. The van der Waals surface area contributed by atoms with Crippen LogP contribution in [-0.2, 0) is 13.0 Å². The van der Waals surface area contributed by atoms with Crippen LogP contribution in [0.25, 0.3) is 0 Å². The zero-order valence-electron chi connectivity index (χ0n) is 13.5. The summed E-state index contributed by atoms with van der Waals surface area (Å²) in [5, 5.41) is 0. The molecule has 1 unspecified atom stereocenters. The molecule has 1 nitrogen and oxygen atoms in total. The molecular weight excluding hydrogens is 278 g/mol. The Balaban J connectivity index is 1.42. The van der Waals surface area contributed by atoms with Gasteiger partial charge in [0.2, 0.25) is 0 Å². The summed E-state index contributed by atoms with van der Waals surface area (Å²) < 4.78 is 0. The molecule has 2 aromatic carbocycles. The molecule has 1 aliphatic heterocycles. The van der Waals surface area contributed by atoms with Crippen LogP contribution in [0.3, 0.4) is 0 Å². The Hall–Kier alpha value is -2.04. The lowest BCUT2D eigenvalue weighted by Crippen LogP contribution is -2.40. The Morgan fingerprint density at radius 3 is 2.22 bits per heavy atom. The topological polar surface area (TPSA) is 3.01 Å². The van der Waals surface area contributed by atoms with E-state index in [9.17, 15) is 0 Å². The van der Waals surface area contributed by atoms with Crippen molar-refractivity contribution in [3.63, 3.8) is 0 Å². The van der Waals surface area contributed by atoms with E-state index < -0.39 is 0 Å². The molecule has 2 aliphatic rings. The second-order valence-electron chi connectivity index (χ2n) is 6.93. The summed E-state index contributed by atoms with van der Waals surface area (Å²) in [4.78, 5) is 2.56. The van der Waals surface area contributed by atoms with E-state index in [2.05, 4.69) is 71.5 Å². The number of terminal acetylenes is 1. The highest BCUT2D eigenvalue weighted by Crippen LogP contribution is 2.60. The van der Waals surface area contributed by atoms with Crippen molar-refractivity contribution in [1.82, 2.24) is 4.90 Å². The summed E-state index contributed by atoms with van der Waals surface area (Å²) in [6.45, 7) is 0.998. The number of hydrogen-bond donors (Lipinski definition) is 0. The zero-order valence-corrected chi connectivity index (χ0v) is 13.5. The number of hydrogen-bond acceptors (Lipinski definition) is 1. The lowest BCUT2D eigenvalue weighted by molar-refractivity contribution is 0.148. The molecule has 116 valence electrons. The lowest BCUT2D eigenvalue weighted by Gasteiger charge is -2.38. The van der Waals surface area contributed by atoms with Crippen molar-refractivity contribution in [3.8, 4) is 12.3 Å². The van der Waals surface area contributed by atoms with E-state index in [0.717, 1.165) is 12.5 Å². The maximum Gasteiger partial charge on any atom is 0.0910 e. The molecule has 0 radical (unpaired) electrons. The molecule has 0 amide bonds. The van der Waals surface area contributed by atoms with Gasteiger partial charge in [0.05, 0.1) is 11.6 Å². The van der Waals surface area contributed by atoms with Gasteiger partial charge in [-0.2, -0.15) is 0 Å². The van der Waals surface area contributed by atoms with E-state index in [0.29, 0.717) is 11.6 Å². The molecule has 4 atom stereocenters. The van der Waals surface area contributed by atoms with Gasteiger partial charge in [0.15, 0.2) is 0 Å². The third-order valence-corrected chi connectivity index (χ3v) is 5.83. The average Bonchev–Trinajstić information content (AvgIpc) is 3.25. The highest BCUT2D eigenvalue weighted by Gasteiger charge is 2.69. The van der Waals surface area contributed by atoms with Crippen LogP contribution in [0.2, 0.25) is 0 Å². The van der Waals surface area contributed by atoms with Gasteiger partial charge in [0.1, 0.15) is 0 Å². The zero-order chi connectivity index (χ0) is 15.7. The van der Waals surface area contributed by atoms with E-state index in [1.54, 1.807) is 0 Å². The largest absolute Gasteiger partial charge is 0.275 e. The smallest absolute Gasteiger partial charge is 0.0910 e. The summed E-state index contributed by atoms with van der Waals surface area (Å²) in [6, 6.07) is 21.9. The molecule has 1 heteroatoms. The Morgan fingerprint density at radius 2 is 1.65 bits per heavy atom. The van der Waals surface area contributed by atoms with Crippen LogP contribution in [0.4, 0.5) is 0 Å². The molecule has 1 saturated heterocycles. The standard InChI is InChI=1S/C22H23N/c1-2-21-22(23(21)17-19-11-7-4-8-12-19)16-15-20(22)14-13-18-9-5-3-6-10-18/h1,3-12,20-21H,13-17H2/t20-,21+,22+,23?/m0/s1. The Kier molecular flexibility index (Phi) is 3.71. The van der Waals surface area contributed by atoms with Crippen LogP contribution in [-0.4, -0.2) is 16.5 Å². The van der Waals surface area contributed by atoms with Crippen molar-refractivity contribution < 1.29 is 0 Å². The summed E-state index contributed by atoms with van der Waals surface area (Å²) >= 11 is 0. The van der Waals surface area contributed by atoms with Crippen molar-refractivity contribution >= 4 is 0 Å². The van der Waals surface area contributed by atoms with Gasteiger partial charge in [-0.05, 0) is 42.7 Å². The Labute approximate surface area is 139 Å². The van der Waals surface area contributed by atoms with Gasteiger partial charge in [-0.15, -0.1) is 6.42 Å². The van der Waals surface area contributed by atoms with Crippen LogP contribution < -0.4 is 0 Å². The van der Waals surface area contributed by atoms with E-state index in [1.807, 2.05) is 0 Å². The van der Waals surface area contributed by atoms with Gasteiger partial charge in [0, 0.05) is 6.54 Å². The maximum absolute atomic E-state index is 5.84. The summed E-state index contributed by atoms with van der Waals surface area (Å²) in [5.41, 5.74) is 3.12. The van der Waals surface area contributed by atoms with Crippen molar-refractivity contribution in [2.75, 3.05) is 0 Å². The number of benzene rings is 2. The van der Waals surface area contributed by atoms with E-state index >= 15 is 0 Å². The van der Waals surface area contributed by atoms with Crippen molar-refractivity contribution in [1.29, 1.82) is 0 Å². The highest BCUT2D eigenvalue weighted by atomic mass is 15.4. The second-order valence-corrected chi connectivity index (χ2v) is 6.93. The van der Waals surface area contributed by atoms with E-state index in [1.165, 1.54) is 36.8 Å². The van der Waals surface area contributed by atoms with Crippen LogP contribution in [0.5, 0.6) is 0 Å². The first-order valence-electron chi connectivity index (χ1n) is 8.65. The monoisotopic (exact) mass is 301 g/mol. The first-order chi connectivity index (χ1) is 11.3. The van der Waals surface area contributed by atoms with Crippen LogP contribution in [0, 0.1) is 18.3 Å². The molecule has 0 bridgehead atoms. The molecule has 2 fully saturated rings. The minimum Gasteiger partial charge on any atom is -0.275 e. The Bertz CT molecular complexity index is 700. The first-order valence-corrected chi connectivity index (χ1v) is 8.65. The summed E-state index contributed by atoms with van der Waals surface area (Å²) in [7, 11) is 0. The quantitative estimate of drug-likeness (QED) is 0.588. The fourth-order valence-electron chi connectivity index (χ4n) is 4.42. The fraction of sp³-hybridized carbons (Fsp3) is 0.364. The minimum absolute atomic E-state index is 0.305. The Morgan fingerprint density at radius 1 is 1.00 bits per heavy atom. The number of aryl methyl sites for hydroxylation is 1. The molecular formula is C22H23N. The molecule has 1 saturated carbocycles. The number of rotatable bonds is 5.